The molecule has 3 aromatic carbocycles. The molecule has 0 fully saturated rings. The van der Waals surface area contributed by atoms with E-state index in [1.165, 1.54) is 18.1 Å². The van der Waals surface area contributed by atoms with E-state index in [0.717, 1.165) is 33.3 Å². The number of carbonyl (C=O) groups is 2. The van der Waals surface area contributed by atoms with E-state index in [4.69, 9.17) is 25.5 Å². The van der Waals surface area contributed by atoms with Gasteiger partial charge in [0.25, 0.3) is 5.91 Å². The third-order valence-electron chi connectivity index (χ3n) is 7.71. The van der Waals surface area contributed by atoms with Crippen molar-refractivity contribution in [1.82, 2.24) is 9.88 Å². The topological polar surface area (TPSA) is 102 Å². The van der Waals surface area contributed by atoms with Crippen molar-refractivity contribution in [3.8, 4) is 5.75 Å². The van der Waals surface area contributed by atoms with Crippen LogP contribution in [0.2, 0.25) is 5.02 Å². The highest BCUT2D eigenvalue weighted by molar-refractivity contribution is 6.32. The van der Waals surface area contributed by atoms with Gasteiger partial charge >= 0.3 is 11.6 Å². The number of methoxy groups -OCH3 is 1. The molecule has 208 valence electrons. The number of esters is 1. The predicted molar refractivity (Wildman–Crippen MR) is 155 cm³/mol. The number of aromatic nitrogens is 1. The van der Waals surface area contributed by atoms with E-state index < -0.39 is 23.5 Å². The molecule has 1 amide bonds. The number of amides is 1. The van der Waals surface area contributed by atoms with Crippen LogP contribution in [0.25, 0.3) is 21.9 Å². The Bertz CT molecular complexity index is 1860. The minimum Gasteiger partial charge on any atom is -0.482 e. The number of fused-ring (bicyclic) bond motifs is 4. The molecule has 41 heavy (non-hydrogen) atoms. The normalized spacial score (nSPS) is 14.7. The number of rotatable bonds is 6. The average molecular weight is 571 g/mol. The molecule has 0 saturated carbocycles. The summed E-state index contributed by atoms with van der Waals surface area (Å²) in [6, 6.07) is 19.9. The molecule has 9 heteroatoms. The zero-order valence-electron chi connectivity index (χ0n) is 22.5. The van der Waals surface area contributed by atoms with Gasteiger partial charge in [-0.15, -0.1) is 0 Å². The summed E-state index contributed by atoms with van der Waals surface area (Å²) in [6.45, 7) is 1.69. The third-order valence-corrected chi connectivity index (χ3v) is 8.01. The molecule has 0 saturated heterocycles. The Hall–Kier alpha value is -4.56. The molecule has 8 nitrogen and oxygen atoms in total. The first kappa shape index (κ1) is 26.7. The third kappa shape index (κ3) is 4.95. The van der Waals surface area contributed by atoms with Crippen molar-refractivity contribution in [3.05, 3.63) is 110 Å². The summed E-state index contributed by atoms with van der Waals surface area (Å²) in [5.74, 6) is -0.706. The lowest BCUT2D eigenvalue weighted by Gasteiger charge is -2.33. The summed E-state index contributed by atoms with van der Waals surface area (Å²) >= 11 is 6.56. The molecule has 1 atom stereocenters. The molecular weight excluding hydrogens is 544 g/mol. The van der Waals surface area contributed by atoms with Crippen LogP contribution < -0.4 is 10.4 Å². The number of aromatic amines is 1. The number of hydrogen-bond acceptors (Lipinski definition) is 6. The lowest BCUT2D eigenvalue weighted by atomic mass is 9.96. The molecule has 1 N–H and O–H groups in total. The highest BCUT2D eigenvalue weighted by Crippen LogP contribution is 2.34. The summed E-state index contributed by atoms with van der Waals surface area (Å²) < 4.78 is 16.5. The molecule has 0 aliphatic carbocycles. The van der Waals surface area contributed by atoms with E-state index in [9.17, 15) is 14.4 Å². The van der Waals surface area contributed by atoms with Crippen LogP contribution in [0.4, 0.5) is 0 Å². The van der Waals surface area contributed by atoms with E-state index in [2.05, 4.69) is 4.98 Å². The first-order chi connectivity index (χ1) is 19.8. The van der Waals surface area contributed by atoms with Gasteiger partial charge in [0.15, 0.2) is 6.61 Å². The Balaban J connectivity index is 1.25. The second-order valence-electron chi connectivity index (χ2n) is 10.1. The Morgan fingerprint density at radius 1 is 1.07 bits per heavy atom. The summed E-state index contributed by atoms with van der Waals surface area (Å²) in [6.07, 6.45) is 0.759. The number of aryl methyl sites for hydroxylation is 1. The van der Waals surface area contributed by atoms with Crippen LogP contribution in [0.3, 0.4) is 0 Å². The molecule has 0 radical (unpaired) electrons. The predicted octanol–water partition coefficient (Wildman–Crippen LogP) is 5.33. The lowest BCUT2D eigenvalue weighted by molar-refractivity contribution is -0.154. The molecule has 1 aliphatic rings. The van der Waals surface area contributed by atoms with Crippen molar-refractivity contribution in [2.24, 2.45) is 0 Å². The van der Waals surface area contributed by atoms with Gasteiger partial charge in [-0.2, -0.15) is 0 Å². The first-order valence-electron chi connectivity index (χ1n) is 13.2. The number of nitrogens with zero attached hydrogens (tertiary/aromatic N) is 1. The van der Waals surface area contributed by atoms with E-state index in [1.807, 2.05) is 61.5 Å². The summed E-state index contributed by atoms with van der Waals surface area (Å²) in [5.41, 5.74) is 5.00. The fourth-order valence-electron chi connectivity index (χ4n) is 5.54. The van der Waals surface area contributed by atoms with Crippen LogP contribution in [0.5, 0.6) is 5.75 Å². The van der Waals surface area contributed by atoms with Crippen molar-refractivity contribution < 1.29 is 23.5 Å². The Labute approximate surface area is 240 Å². The number of carbonyl (C=O) groups excluding carboxylic acids is 2. The largest absolute Gasteiger partial charge is 0.482 e. The fourth-order valence-corrected chi connectivity index (χ4v) is 5.76. The smallest absolute Gasteiger partial charge is 0.340 e. The van der Waals surface area contributed by atoms with Crippen molar-refractivity contribution in [1.29, 1.82) is 0 Å². The average Bonchev–Trinajstić information content (AvgIpc) is 3.35. The van der Waals surface area contributed by atoms with Crippen LogP contribution >= 0.6 is 11.6 Å². The lowest BCUT2D eigenvalue weighted by Crippen LogP contribution is -2.50. The summed E-state index contributed by atoms with van der Waals surface area (Å²) in [4.78, 5) is 43.8. The SMILES string of the molecule is COC(=O)[C@H]1Cc2c([nH]c3ccccc23)CN1C(=O)COc1cc2oc(=O)c(Cc3ccccc3)c(C)c2cc1Cl. The minimum absolute atomic E-state index is 0.198. The number of hydrogen-bond donors (Lipinski definition) is 1. The molecule has 5 aromatic rings. The van der Waals surface area contributed by atoms with Gasteiger partial charge in [0.2, 0.25) is 0 Å². The van der Waals surface area contributed by atoms with Crippen LogP contribution in [-0.4, -0.2) is 41.5 Å². The van der Waals surface area contributed by atoms with Crippen LogP contribution in [0.15, 0.2) is 75.9 Å². The molecular formula is C32H27ClN2O6. The molecule has 0 bridgehead atoms. The van der Waals surface area contributed by atoms with Crippen LogP contribution in [0, 0.1) is 6.92 Å². The maximum atomic E-state index is 13.4. The highest BCUT2D eigenvalue weighted by Gasteiger charge is 2.37. The number of nitrogens with one attached hydrogen (secondary N) is 1. The van der Waals surface area contributed by atoms with Gasteiger partial charge in [0, 0.05) is 46.5 Å². The van der Waals surface area contributed by atoms with Gasteiger partial charge in [-0.3, -0.25) is 4.79 Å². The van der Waals surface area contributed by atoms with E-state index in [-0.39, 0.29) is 23.9 Å². The van der Waals surface area contributed by atoms with Crippen molar-refractivity contribution in [3.63, 3.8) is 0 Å². The molecule has 0 unspecified atom stereocenters. The second-order valence-corrected chi connectivity index (χ2v) is 10.5. The standard InChI is InChI=1S/C32H27ClN2O6/c1-18-21-13-24(33)29(15-28(21)41-31(37)22(18)12-19-8-4-3-5-9-19)40-17-30(36)35-16-26-23(14-27(35)32(38)39-2)20-10-6-7-11-25(20)34-26/h3-11,13,15,27,34H,12,14,16-17H2,1-2H3/t27-/m1/s1. The summed E-state index contributed by atoms with van der Waals surface area (Å²) in [7, 11) is 1.31. The Morgan fingerprint density at radius 3 is 2.61 bits per heavy atom. The van der Waals surface area contributed by atoms with Crippen molar-refractivity contribution in [2.45, 2.75) is 32.4 Å². The van der Waals surface area contributed by atoms with Crippen molar-refractivity contribution >= 4 is 45.3 Å². The quantitative estimate of drug-likeness (QED) is 0.219. The van der Waals surface area contributed by atoms with Crippen molar-refractivity contribution in [2.75, 3.05) is 13.7 Å². The van der Waals surface area contributed by atoms with Gasteiger partial charge in [-0.05, 0) is 35.7 Å². The Kier molecular flexibility index (Phi) is 7.01. The van der Waals surface area contributed by atoms with E-state index in [0.29, 0.717) is 29.4 Å². The highest BCUT2D eigenvalue weighted by atomic mass is 35.5. The molecule has 2 aromatic heterocycles. The van der Waals surface area contributed by atoms with Crippen LogP contribution in [0.1, 0.15) is 27.9 Å². The first-order valence-corrected chi connectivity index (χ1v) is 13.6. The zero-order valence-corrected chi connectivity index (χ0v) is 23.3. The number of H-pyrrole nitrogens is 1. The zero-order chi connectivity index (χ0) is 28.7. The molecule has 3 heterocycles. The van der Waals surface area contributed by atoms with Gasteiger partial charge < -0.3 is 23.8 Å². The second kappa shape index (κ2) is 10.8. The number of para-hydroxylation sites is 1. The van der Waals surface area contributed by atoms with Crippen LogP contribution in [-0.2, 0) is 33.7 Å². The van der Waals surface area contributed by atoms with E-state index in [1.54, 1.807) is 6.07 Å². The maximum Gasteiger partial charge on any atom is 0.340 e. The number of benzene rings is 3. The molecule has 1 aliphatic heterocycles. The van der Waals surface area contributed by atoms with Gasteiger partial charge in [0.1, 0.15) is 17.4 Å². The Morgan fingerprint density at radius 2 is 1.83 bits per heavy atom. The van der Waals surface area contributed by atoms with E-state index >= 15 is 0 Å². The number of ether oxygens (including phenoxy) is 2. The molecule has 0 spiro atoms. The van der Waals surface area contributed by atoms with Gasteiger partial charge in [0.05, 0.1) is 18.7 Å². The minimum atomic E-state index is -0.793. The maximum absolute atomic E-state index is 13.4. The fraction of sp³-hybridized carbons (Fsp3) is 0.219. The molecule has 6 rings (SSSR count). The number of halogens is 1. The monoisotopic (exact) mass is 570 g/mol. The van der Waals surface area contributed by atoms with Gasteiger partial charge in [-0.1, -0.05) is 60.1 Å². The summed E-state index contributed by atoms with van der Waals surface area (Å²) in [5, 5.41) is 1.98. The van der Waals surface area contributed by atoms with Gasteiger partial charge in [-0.25, -0.2) is 9.59 Å².